The Morgan fingerprint density at radius 1 is 1.38 bits per heavy atom. The van der Waals surface area contributed by atoms with Crippen LogP contribution in [0.25, 0.3) is 0 Å². The zero-order valence-corrected chi connectivity index (χ0v) is 15.1. The van der Waals surface area contributed by atoms with Gasteiger partial charge in [-0.3, -0.25) is 14.2 Å². The molecule has 7 heteroatoms. The molecule has 0 saturated heterocycles. The standard InChI is InChI=1S/C17H19N3O2S2/c1-2-20-16(22)15-13(8-9-23-15)19-17(20)24-11-14(21)18-10-12-6-4-3-5-7-12/h3-7H,2,8-11H2,1H3,(H,18,21). The quantitative estimate of drug-likeness (QED) is 0.632. The Morgan fingerprint density at radius 3 is 2.92 bits per heavy atom. The van der Waals surface area contributed by atoms with E-state index in [9.17, 15) is 9.59 Å². The first-order valence-electron chi connectivity index (χ1n) is 7.89. The fourth-order valence-corrected chi connectivity index (χ4v) is 4.44. The lowest BCUT2D eigenvalue weighted by atomic mass is 10.2. The average molecular weight is 361 g/mol. The van der Waals surface area contributed by atoms with Crippen LogP contribution in [0.2, 0.25) is 0 Å². The highest BCUT2D eigenvalue weighted by Crippen LogP contribution is 2.28. The molecular weight excluding hydrogens is 342 g/mol. The van der Waals surface area contributed by atoms with Gasteiger partial charge < -0.3 is 5.32 Å². The van der Waals surface area contributed by atoms with Gasteiger partial charge in [0.2, 0.25) is 5.91 Å². The fourth-order valence-electron chi connectivity index (χ4n) is 2.49. The van der Waals surface area contributed by atoms with Gasteiger partial charge in [0.1, 0.15) is 0 Å². The molecule has 1 aromatic heterocycles. The first kappa shape index (κ1) is 17.1. The Balaban J connectivity index is 1.63. The van der Waals surface area contributed by atoms with Gasteiger partial charge in [0.25, 0.3) is 5.56 Å². The zero-order chi connectivity index (χ0) is 16.9. The topological polar surface area (TPSA) is 64.0 Å². The highest BCUT2D eigenvalue weighted by atomic mass is 32.2. The number of aromatic nitrogens is 2. The number of nitrogens with one attached hydrogen (secondary N) is 1. The van der Waals surface area contributed by atoms with Gasteiger partial charge in [0.15, 0.2) is 5.16 Å². The number of nitrogens with zero attached hydrogens (tertiary/aromatic N) is 2. The van der Waals surface area contributed by atoms with E-state index in [2.05, 4.69) is 10.3 Å². The lowest BCUT2D eigenvalue weighted by molar-refractivity contribution is -0.118. The van der Waals surface area contributed by atoms with E-state index < -0.39 is 0 Å². The number of rotatable bonds is 6. The molecule has 0 atom stereocenters. The second kappa shape index (κ2) is 7.90. The summed E-state index contributed by atoms with van der Waals surface area (Å²) < 4.78 is 1.66. The van der Waals surface area contributed by atoms with E-state index in [4.69, 9.17) is 0 Å². The van der Waals surface area contributed by atoms with E-state index in [1.807, 2.05) is 37.3 Å². The summed E-state index contributed by atoms with van der Waals surface area (Å²) in [5, 5.41) is 3.53. The van der Waals surface area contributed by atoms with Gasteiger partial charge in [0, 0.05) is 25.3 Å². The molecule has 0 bridgehead atoms. The van der Waals surface area contributed by atoms with Crippen LogP contribution in [0.1, 0.15) is 18.2 Å². The molecular formula is C17H19N3O2S2. The van der Waals surface area contributed by atoms with Crippen LogP contribution in [-0.4, -0.2) is 27.0 Å². The van der Waals surface area contributed by atoms with Crippen molar-refractivity contribution in [3.63, 3.8) is 0 Å². The molecule has 1 N–H and O–H groups in total. The Bertz CT molecular complexity index is 790. The molecule has 0 unspecified atom stereocenters. The minimum absolute atomic E-state index is 0.0252. The normalized spacial score (nSPS) is 12.9. The number of thioether (sulfide) groups is 2. The predicted molar refractivity (Wildman–Crippen MR) is 97.6 cm³/mol. The Kier molecular flexibility index (Phi) is 5.63. The third-order valence-electron chi connectivity index (χ3n) is 3.73. The van der Waals surface area contributed by atoms with Crippen molar-refractivity contribution in [3.05, 3.63) is 51.9 Å². The van der Waals surface area contributed by atoms with E-state index >= 15 is 0 Å². The van der Waals surface area contributed by atoms with Gasteiger partial charge in [-0.2, -0.15) is 0 Å². The molecule has 2 aromatic rings. The highest BCUT2D eigenvalue weighted by molar-refractivity contribution is 8.00. The largest absolute Gasteiger partial charge is 0.351 e. The summed E-state index contributed by atoms with van der Waals surface area (Å²) in [6.45, 7) is 3.00. The summed E-state index contributed by atoms with van der Waals surface area (Å²) in [7, 11) is 0. The van der Waals surface area contributed by atoms with Crippen LogP contribution < -0.4 is 10.9 Å². The third-order valence-corrected chi connectivity index (χ3v) is 5.81. The lowest BCUT2D eigenvalue weighted by Gasteiger charge is -2.11. The monoisotopic (exact) mass is 361 g/mol. The number of benzene rings is 1. The van der Waals surface area contributed by atoms with Crippen LogP contribution in [0, 0.1) is 0 Å². The molecule has 1 amide bonds. The van der Waals surface area contributed by atoms with Gasteiger partial charge in [-0.25, -0.2) is 4.98 Å². The van der Waals surface area contributed by atoms with Crippen molar-refractivity contribution in [2.75, 3.05) is 11.5 Å². The lowest BCUT2D eigenvalue weighted by Crippen LogP contribution is -2.27. The Hall–Kier alpha value is -1.73. The van der Waals surface area contributed by atoms with E-state index in [1.54, 1.807) is 16.3 Å². The van der Waals surface area contributed by atoms with Crippen LogP contribution >= 0.6 is 23.5 Å². The number of aryl methyl sites for hydroxylation is 1. The molecule has 1 aliphatic heterocycles. The molecule has 3 rings (SSSR count). The van der Waals surface area contributed by atoms with Gasteiger partial charge in [-0.15, -0.1) is 11.8 Å². The first-order valence-corrected chi connectivity index (χ1v) is 9.86. The number of carbonyl (C=O) groups is 1. The van der Waals surface area contributed by atoms with Crippen molar-refractivity contribution in [1.29, 1.82) is 0 Å². The van der Waals surface area contributed by atoms with Crippen molar-refractivity contribution in [2.24, 2.45) is 0 Å². The minimum Gasteiger partial charge on any atom is -0.351 e. The van der Waals surface area contributed by atoms with Gasteiger partial charge in [0.05, 0.1) is 16.3 Å². The molecule has 1 aromatic carbocycles. The molecule has 5 nitrogen and oxygen atoms in total. The molecule has 0 saturated carbocycles. The third kappa shape index (κ3) is 3.84. The highest BCUT2D eigenvalue weighted by Gasteiger charge is 2.21. The molecule has 0 fully saturated rings. The second-order valence-electron chi connectivity index (χ2n) is 5.37. The van der Waals surface area contributed by atoms with Gasteiger partial charge >= 0.3 is 0 Å². The number of hydrogen-bond donors (Lipinski definition) is 1. The average Bonchev–Trinajstić information content (AvgIpc) is 3.08. The van der Waals surface area contributed by atoms with E-state index in [0.29, 0.717) is 18.2 Å². The maximum absolute atomic E-state index is 12.5. The van der Waals surface area contributed by atoms with Crippen molar-refractivity contribution in [1.82, 2.24) is 14.9 Å². The first-order chi connectivity index (χ1) is 11.7. The van der Waals surface area contributed by atoms with Crippen LogP contribution in [0.3, 0.4) is 0 Å². The summed E-state index contributed by atoms with van der Waals surface area (Å²) in [5.74, 6) is 1.11. The molecule has 0 aliphatic carbocycles. The van der Waals surface area contributed by atoms with Crippen LogP contribution in [-0.2, 0) is 24.3 Å². The number of hydrogen-bond acceptors (Lipinski definition) is 5. The SMILES string of the molecule is CCn1c(SCC(=O)NCc2ccccc2)nc2c(c1=O)SCC2. The molecule has 0 radical (unpaired) electrons. The smallest absolute Gasteiger partial charge is 0.268 e. The van der Waals surface area contributed by atoms with E-state index in [-0.39, 0.29) is 17.2 Å². The summed E-state index contributed by atoms with van der Waals surface area (Å²) >= 11 is 2.90. The Labute approximate surface area is 149 Å². The molecule has 24 heavy (non-hydrogen) atoms. The van der Waals surface area contributed by atoms with Crippen LogP contribution in [0.4, 0.5) is 0 Å². The van der Waals surface area contributed by atoms with Crippen molar-refractivity contribution in [2.45, 2.75) is 36.5 Å². The van der Waals surface area contributed by atoms with Crippen molar-refractivity contribution < 1.29 is 4.79 Å². The van der Waals surface area contributed by atoms with Crippen molar-refractivity contribution >= 4 is 29.4 Å². The summed E-state index contributed by atoms with van der Waals surface area (Å²) in [4.78, 5) is 29.9. The summed E-state index contributed by atoms with van der Waals surface area (Å²) in [6.07, 6.45) is 0.827. The van der Waals surface area contributed by atoms with Gasteiger partial charge in [-0.1, -0.05) is 42.1 Å². The molecule has 1 aliphatic rings. The predicted octanol–water partition coefficient (Wildman–Crippen LogP) is 2.32. The maximum Gasteiger partial charge on any atom is 0.268 e. The number of fused-ring (bicyclic) bond motifs is 1. The summed E-state index contributed by atoms with van der Waals surface area (Å²) in [5.41, 5.74) is 1.97. The molecule has 126 valence electrons. The van der Waals surface area contributed by atoms with Crippen molar-refractivity contribution in [3.8, 4) is 0 Å². The van der Waals surface area contributed by atoms with E-state index in [1.165, 1.54) is 11.8 Å². The minimum atomic E-state index is -0.0596. The maximum atomic E-state index is 12.5. The van der Waals surface area contributed by atoms with Crippen LogP contribution in [0.15, 0.2) is 45.2 Å². The molecule has 0 spiro atoms. The number of amides is 1. The fraction of sp³-hybridized carbons (Fsp3) is 0.353. The Morgan fingerprint density at radius 2 is 2.17 bits per heavy atom. The van der Waals surface area contributed by atoms with Gasteiger partial charge in [-0.05, 0) is 12.5 Å². The van der Waals surface area contributed by atoms with Crippen LogP contribution in [0.5, 0.6) is 0 Å². The molecule has 2 heterocycles. The second-order valence-corrected chi connectivity index (χ2v) is 7.42. The van der Waals surface area contributed by atoms with E-state index in [0.717, 1.165) is 28.3 Å². The zero-order valence-electron chi connectivity index (χ0n) is 13.4. The summed E-state index contributed by atoms with van der Waals surface area (Å²) in [6, 6.07) is 9.79. The number of carbonyl (C=O) groups excluding carboxylic acids is 1.